The average molecular weight is 392 g/mol. The highest BCUT2D eigenvalue weighted by Crippen LogP contribution is 2.18. The predicted octanol–water partition coefficient (Wildman–Crippen LogP) is 2.59. The number of likely N-dealkylation sites (N-methyl/N-ethyl adjacent to an activating group) is 1. The third-order valence-electron chi connectivity index (χ3n) is 5.18. The Kier molecular flexibility index (Phi) is 14.3. The van der Waals surface area contributed by atoms with E-state index >= 15 is 0 Å². The molecule has 26 heavy (non-hydrogen) atoms. The third-order valence-corrected chi connectivity index (χ3v) is 8.01. The van der Waals surface area contributed by atoms with Crippen molar-refractivity contribution in [2.24, 2.45) is 0 Å². The summed E-state index contributed by atoms with van der Waals surface area (Å²) in [5.74, 6) is -0.985. The number of carboxylic acids is 1. The van der Waals surface area contributed by atoms with E-state index in [0.717, 1.165) is 25.9 Å². The Morgan fingerprint density at radius 3 is 1.77 bits per heavy atom. The fourth-order valence-corrected chi connectivity index (χ4v) is 5.15. The molecule has 1 unspecified atom stereocenters. The van der Waals surface area contributed by atoms with Gasteiger partial charge in [0.25, 0.3) is 0 Å². The van der Waals surface area contributed by atoms with Gasteiger partial charge in [-0.1, -0.05) is 45.4 Å². The number of quaternary nitrogens is 1. The van der Waals surface area contributed by atoms with E-state index < -0.39 is 14.8 Å². The molecule has 0 saturated carbocycles. The highest BCUT2D eigenvalue weighted by molar-refractivity contribution is 6.60. The van der Waals surface area contributed by atoms with Gasteiger partial charge in [0.15, 0.2) is 0 Å². The summed E-state index contributed by atoms with van der Waals surface area (Å²) >= 11 is 0. The highest BCUT2D eigenvalue weighted by atomic mass is 28.4. The molecule has 0 aliphatic carbocycles. The van der Waals surface area contributed by atoms with Crippen LogP contribution in [0.5, 0.6) is 0 Å². The zero-order valence-corrected chi connectivity index (χ0v) is 18.7. The van der Waals surface area contributed by atoms with Crippen molar-refractivity contribution >= 4 is 14.8 Å². The predicted molar refractivity (Wildman–Crippen MR) is 105 cm³/mol. The van der Waals surface area contributed by atoms with Crippen LogP contribution < -0.4 is 5.11 Å². The molecular weight excluding hydrogens is 350 g/mol. The zero-order valence-electron chi connectivity index (χ0n) is 17.7. The Bertz CT molecular complexity index is 358. The standard InChI is InChI=1S/C19H41NO5Si/c1-6-7-8-9-10-11-12-13-15-20(2,18-19(21)22)16-14-17-26(23-3,24-4)25-5/h6-18H2,1-5H3. The fourth-order valence-electron chi connectivity index (χ4n) is 3.44. The summed E-state index contributed by atoms with van der Waals surface area (Å²) in [7, 11) is 4.23. The van der Waals surface area contributed by atoms with Crippen molar-refractivity contribution in [3.63, 3.8) is 0 Å². The van der Waals surface area contributed by atoms with Crippen molar-refractivity contribution in [2.75, 3.05) is 48.0 Å². The lowest BCUT2D eigenvalue weighted by Crippen LogP contribution is -2.53. The summed E-state index contributed by atoms with van der Waals surface area (Å²) in [6, 6.07) is 0.689. The summed E-state index contributed by atoms with van der Waals surface area (Å²) in [5.41, 5.74) is 0. The van der Waals surface area contributed by atoms with Gasteiger partial charge in [0.1, 0.15) is 6.54 Å². The van der Waals surface area contributed by atoms with Crippen LogP contribution in [0.4, 0.5) is 0 Å². The largest absolute Gasteiger partial charge is 0.544 e. The second-order valence-corrected chi connectivity index (χ2v) is 10.6. The summed E-state index contributed by atoms with van der Waals surface area (Å²) in [6.45, 7) is 3.91. The molecule has 6 nitrogen and oxygen atoms in total. The molecular formula is C19H41NO5Si. The van der Waals surface area contributed by atoms with E-state index in [1.54, 1.807) is 21.3 Å². The second-order valence-electron chi connectivity index (χ2n) is 7.47. The number of carbonyl (C=O) groups is 1. The molecule has 0 fully saturated rings. The van der Waals surface area contributed by atoms with Crippen molar-refractivity contribution in [1.82, 2.24) is 0 Å². The maximum atomic E-state index is 11.2. The fraction of sp³-hybridized carbons (Fsp3) is 0.947. The smallest absolute Gasteiger partial charge is 0.500 e. The first-order valence-corrected chi connectivity index (χ1v) is 12.0. The Balaban J connectivity index is 4.28. The van der Waals surface area contributed by atoms with Gasteiger partial charge >= 0.3 is 8.80 Å². The van der Waals surface area contributed by atoms with E-state index in [0.29, 0.717) is 10.5 Å². The zero-order chi connectivity index (χ0) is 19.9. The van der Waals surface area contributed by atoms with E-state index in [2.05, 4.69) is 6.92 Å². The third kappa shape index (κ3) is 11.3. The summed E-state index contributed by atoms with van der Waals surface area (Å²) < 4.78 is 16.8. The van der Waals surface area contributed by atoms with E-state index in [1.807, 2.05) is 7.05 Å². The van der Waals surface area contributed by atoms with Crippen molar-refractivity contribution in [1.29, 1.82) is 0 Å². The number of rotatable bonds is 18. The molecule has 0 aliphatic heterocycles. The number of aliphatic carboxylic acids is 1. The molecule has 7 heteroatoms. The minimum Gasteiger partial charge on any atom is -0.544 e. The molecule has 0 aliphatic rings. The minimum atomic E-state index is -2.59. The number of nitrogens with zero attached hydrogens (tertiary/aromatic N) is 1. The normalized spacial score (nSPS) is 14.3. The van der Waals surface area contributed by atoms with E-state index in [9.17, 15) is 9.90 Å². The summed E-state index contributed by atoms with van der Waals surface area (Å²) in [6.07, 6.45) is 10.8. The van der Waals surface area contributed by atoms with Gasteiger partial charge in [0.2, 0.25) is 0 Å². The molecule has 0 radical (unpaired) electrons. The van der Waals surface area contributed by atoms with Crippen LogP contribution in [0.1, 0.15) is 64.7 Å². The number of carboxylic acid groups (broad SMARTS) is 1. The molecule has 0 bridgehead atoms. The summed E-state index contributed by atoms with van der Waals surface area (Å²) in [5, 5.41) is 11.2. The molecule has 0 rings (SSSR count). The molecule has 0 N–H and O–H groups in total. The first-order valence-electron chi connectivity index (χ1n) is 10.1. The van der Waals surface area contributed by atoms with E-state index in [1.165, 1.54) is 44.9 Å². The SMILES string of the molecule is CCCCCCCCCC[N+](C)(CCC[Si](OC)(OC)OC)CC(=O)[O-]. The molecule has 0 aromatic rings. The molecule has 0 heterocycles. The van der Waals surface area contributed by atoms with Crippen molar-refractivity contribution in [3.05, 3.63) is 0 Å². The Morgan fingerprint density at radius 1 is 0.846 bits per heavy atom. The lowest BCUT2D eigenvalue weighted by Gasteiger charge is -2.36. The number of unbranched alkanes of at least 4 members (excludes halogenated alkanes) is 7. The van der Waals surface area contributed by atoms with Gasteiger partial charge in [-0.3, -0.25) is 0 Å². The van der Waals surface area contributed by atoms with E-state index in [4.69, 9.17) is 13.3 Å². The van der Waals surface area contributed by atoms with Crippen LogP contribution in [0, 0.1) is 0 Å². The molecule has 0 amide bonds. The van der Waals surface area contributed by atoms with Crippen LogP contribution in [0.15, 0.2) is 0 Å². The lowest BCUT2D eigenvalue weighted by molar-refractivity contribution is -0.904. The first kappa shape index (κ1) is 25.5. The lowest BCUT2D eigenvalue weighted by atomic mass is 10.1. The number of hydrogen-bond acceptors (Lipinski definition) is 5. The quantitative estimate of drug-likeness (QED) is 0.204. The van der Waals surface area contributed by atoms with Gasteiger partial charge in [-0.05, 0) is 12.8 Å². The Morgan fingerprint density at radius 2 is 1.31 bits per heavy atom. The number of carbonyl (C=O) groups excluding carboxylic acids is 1. The van der Waals surface area contributed by atoms with Gasteiger partial charge in [-0.15, -0.1) is 0 Å². The molecule has 0 saturated heterocycles. The molecule has 0 spiro atoms. The van der Waals surface area contributed by atoms with Crippen LogP contribution in [0.2, 0.25) is 6.04 Å². The Hall–Kier alpha value is -0.473. The van der Waals surface area contributed by atoms with E-state index in [-0.39, 0.29) is 6.54 Å². The van der Waals surface area contributed by atoms with Crippen molar-refractivity contribution in [2.45, 2.75) is 70.8 Å². The molecule has 1 atom stereocenters. The number of hydrogen-bond donors (Lipinski definition) is 0. The van der Waals surface area contributed by atoms with Gasteiger partial charge in [-0.25, -0.2) is 0 Å². The van der Waals surface area contributed by atoms with Crippen LogP contribution in [-0.4, -0.2) is 67.3 Å². The maximum Gasteiger partial charge on any atom is 0.500 e. The van der Waals surface area contributed by atoms with Crippen molar-refractivity contribution < 1.29 is 27.7 Å². The first-order chi connectivity index (χ1) is 12.4. The molecule has 0 aromatic heterocycles. The van der Waals surface area contributed by atoms with Gasteiger partial charge in [0.05, 0.1) is 26.1 Å². The minimum absolute atomic E-state index is 0.0536. The second kappa shape index (κ2) is 14.6. The van der Waals surface area contributed by atoms with Crippen LogP contribution in [-0.2, 0) is 18.1 Å². The Labute approximate surface area is 161 Å². The van der Waals surface area contributed by atoms with Gasteiger partial charge < -0.3 is 27.7 Å². The summed E-state index contributed by atoms with van der Waals surface area (Å²) in [4.78, 5) is 11.2. The van der Waals surface area contributed by atoms with Gasteiger partial charge in [-0.2, -0.15) is 0 Å². The van der Waals surface area contributed by atoms with Crippen LogP contribution in [0.3, 0.4) is 0 Å². The molecule has 0 aromatic carbocycles. The average Bonchev–Trinajstić information content (AvgIpc) is 2.61. The highest BCUT2D eigenvalue weighted by Gasteiger charge is 2.38. The van der Waals surface area contributed by atoms with Crippen LogP contribution >= 0.6 is 0 Å². The maximum absolute atomic E-state index is 11.2. The van der Waals surface area contributed by atoms with Gasteiger partial charge in [0, 0.05) is 33.8 Å². The van der Waals surface area contributed by atoms with Crippen molar-refractivity contribution in [3.8, 4) is 0 Å². The monoisotopic (exact) mass is 391 g/mol. The molecule has 156 valence electrons. The van der Waals surface area contributed by atoms with Crippen LogP contribution in [0.25, 0.3) is 0 Å². The topological polar surface area (TPSA) is 67.8 Å².